The van der Waals surface area contributed by atoms with Gasteiger partial charge < -0.3 is 30.4 Å². The van der Waals surface area contributed by atoms with Crippen molar-refractivity contribution in [3.8, 4) is 5.75 Å². The Bertz CT molecular complexity index is 1210. The summed E-state index contributed by atoms with van der Waals surface area (Å²) in [6.07, 6.45) is 5.17. The van der Waals surface area contributed by atoms with Crippen molar-refractivity contribution in [1.82, 2.24) is 20.5 Å². The van der Waals surface area contributed by atoms with E-state index in [1.807, 2.05) is 18.2 Å². The molecule has 2 saturated heterocycles. The van der Waals surface area contributed by atoms with Crippen LogP contribution >= 0.6 is 0 Å². The normalized spacial score (nSPS) is 26.3. The number of piperidine rings is 1. The van der Waals surface area contributed by atoms with Crippen molar-refractivity contribution in [2.45, 2.75) is 57.0 Å². The van der Waals surface area contributed by atoms with E-state index in [0.29, 0.717) is 31.0 Å². The number of nitrogens with one attached hydrogen (secondary N) is 3. The van der Waals surface area contributed by atoms with Crippen LogP contribution in [0.5, 0.6) is 5.75 Å². The molecule has 0 radical (unpaired) electrons. The second kappa shape index (κ2) is 10.4. The van der Waals surface area contributed by atoms with Gasteiger partial charge in [-0.2, -0.15) is 0 Å². The van der Waals surface area contributed by atoms with E-state index in [4.69, 9.17) is 4.74 Å². The van der Waals surface area contributed by atoms with Crippen LogP contribution < -0.4 is 15.4 Å². The number of carbonyl (C=O) groups excluding carboxylic acids is 3. The minimum Gasteiger partial charge on any atom is -0.496 e. The fourth-order valence-corrected chi connectivity index (χ4v) is 6.42. The summed E-state index contributed by atoms with van der Waals surface area (Å²) in [6, 6.07) is 5.32. The predicted molar refractivity (Wildman–Crippen MR) is 135 cm³/mol. The van der Waals surface area contributed by atoms with E-state index in [1.165, 1.54) is 0 Å². The molecule has 2 aromatic rings. The van der Waals surface area contributed by atoms with Gasteiger partial charge in [0.15, 0.2) is 0 Å². The van der Waals surface area contributed by atoms with E-state index < -0.39 is 29.9 Å². The fraction of sp³-hybridized carbons (Fsp3) is 0.556. The Morgan fingerprint density at radius 2 is 2.00 bits per heavy atom. The van der Waals surface area contributed by atoms with Crippen molar-refractivity contribution in [2.24, 2.45) is 17.8 Å². The highest BCUT2D eigenvalue weighted by atomic mass is 16.5. The first-order chi connectivity index (χ1) is 17.9. The van der Waals surface area contributed by atoms with Crippen molar-refractivity contribution in [3.05, 3.63) is 30.0 Å². The maximum atomic E-state index is 13.8. The summed E-state index contributed by atoms with van der Waals surface area (Å²) in [6.45, 7) is 1.04. The molecule has 1 aliphatic carbocycles. The molecule has 0 spiro atoms. The topological polar surface area (TPSA) is 141 Å². The van der Waals surface area contributed by atoms with Crippen molar-refractivity contribution >= 4 is 34.6 Å². The number of amides is 3. The number of aromatic amines is 1. The first-order valence-electron chi connectivity index (χ1n) is 13.1. The SMILES string of the molecule is COc1cccc2[nH]c(C(=O)N3C[C@@H]4CCCC[C@@H]4[C@H]3C(=O)NC(C[C@@H]3CCCNC3=O)C(=O)O)cc12. The molecular formula is C27H34N4O6. The van der Waals surface area contributed by atoms with Gasteiger partial charge in [0, 0.05) is 29.9 Å². The van der Waals surface area contributed by atoms with Gasteiger partial charge in [0.05, 0.1) is 7.11 Å². The summed E-state index contributed by atoms with van der Waals surface area (Å²) in [5, 5.41) is 16.1. The molecule has 3 amide bonds. The Kier molecular flexibility index (Phi) is 7.08. The highest BCUT2D eigenvalue weighted by Gasteiger charge is 2.49. The number of aliphatic carboxylic acids is 1. The van der Waals surface area contributed by atoms with Gasteiger partial charge in [-0.15, -0.1) is 0 Å². The summed E-state index contributed by atoms with van der Waals surface area (Å²) in [7, 11) is 1.57. The summed E-state index contributed by atoms with van der Waals surface area (Å²) < 4.78 is 5.43. The first-order valence-corrected chi connectivity index (χ1v) is 13.1. The smallest absolute Gasteiger partial charge is 0.326 e. The van der Waals surface area contributed by atoms with Crippen molar-refractivity contribution in [2.75, 3.05) is 20.2 Å². The molecule has 5 atom stereocenters. The number of aromatic nitrogens is 1. The summed E-state index contributed by atoms with van der Waals surface area (Å²) in [5.74, 6) is -1.74. The van der Waals surface area contributed by atoms with Crippen LogP contribution in [-0.4, -0.2) is 71.0 Å². The maximum Gasteiger partial charge on any atom is 0.326 e. The molecule has 1 aromatic heterocycles. The maximum absolute atomic E-state index is 13.8. The fourth-order valence-electron chi connectivity index (χ4n) is 6.42. The Hall–Kier alpha value is -3.56. The molecule has 10 nitrogen and oxygen atoms in total. The number of nitrogens with zero attached hydrogens (tertiary/aromatic N) is 1. The third-order valence-corrected chi connectivity index (χ3v) is 8.28. The Labute approximate surface area is 215 Å². The Morgan fingerprint density at radius 1 is 1.19 bits per heavy atom. The van der Waals surface area contributed by atoms with Crippen LogP contribution in [0.2, 0.25) is 0 Å². The van der Waals surface area contributed by atoms with Crippen molar-refractivity contribution < 1.29 is 29.0 Å². The largest absolute Gasteiger partial charge is 0.496 e. The van der Waals surface area contributed by atoms with Gasteiger partial charge in [-0.25, -0.2) is 4.79 Å². The number of carbonyl (C=O) groups is 4. The zero-order valence-electron chi connectivity index (χ0n) is 21.0. The lowest BCUT2D eigenvalue weighted by molar-refractivity contribution is -0.143. The molecule has 5 rings (SSSR count). The molecule has 1 aromatic carbocycles. The molecule has 1 unspecified atom stereocenters. The molecule has 3 fully saturated rings. The second-order valence-corrected chi connectivity index (χ2v) is 10.5. The minimum atomic E-state index is -1.20. The zero-order valence-corrected chi connectivity index (χ0v) is 21.0. The highest BCUT2D eigenvalue weighted by Crippen LogP contribution is 2.41. The van der Waals surface area contributed by atoms with E-state index in [1.54, 1.807) is 18.1 Å². The number of hydrogen-bond acceptors (Lipinski definition) is 5. The monoisotopic (exact) mass is 510 g/mol. The molecule has 10 heteroatoms. The molecule has 198 valence electrons. The van der Waals surface area contributed by atoms with Crippen molar-refractivity contribution in [1.29, 1.82) is 0 Å². The number of H-pyrrole nitrogens is 1. The van der Waals surface area contributed by atoms with E-state index in [-0.39, 0.29) is 30.1 Å². The van der Waals surface area contributed by atoms with Crippen LogP contribution in [0.25, 0.3) is 10.9 Å². The highest BCUT2D eigenvalue weighted by molar-refractivity contribution is 6.02. The van der Waals surface area contributed by atoms with Gasteiger partial charge in [0.25, 0.3) is 5.91 Å². The van der Waals surface area contributed by atoms with Gasteiger partial charge in [0.1, 0.15) is 23.5 Å². The molecule has 4 N–H and O–H groups in total. The molecule has 3 aliphatic rings. The van der Waals surface area contributed by atoms with Crippen LogP contribution in [0.15, 0.2) is 24.3 Å². The van der Waals surface area contributed by atoms with Crippen molar-refractivity contribution in [3.63, 3.8) is 0 Å². The number of methoxy groups -OCH3 is 1. The minimum absolute atomic E-state index is 0.0240. The predicted octanol–water partition coefficient (Wildman–Crippen LogP) is 2.29. The van der Waals surface area contributed by atoms with Crippen LogP contribution in [0, 0.1) is 17.8 Å². The average Bonchev–Trinajstić information content (AvgIpc) is 3.51. The summed E-state index contributed by atoms with van der Waals surface area (Å²) in [4.78, 5) is 56.5. The van der Waals surface area contributed by atoms with E-state index in [0.717, 1.165) is 43.0 Å². The van der Waals surface area contributed by atoms with Crippen LogP contribution in [0.1, 0.15) is 55.4 Å². The van der Waals surface area contributed by atoms with E-state index in [2.05, 4.69) is 15.6 Å². The number of hydrogen-bond donors (Lipinski definition) is 4. The lowest BCUT2D eigenvalue weighted by Gasteiger charge is -2.31. The lowest BCUT2D eigenvalue weighted by Crippen LogP contribution is -2.54. The molecule has 0 bridgehead atoms. The van der Waals surface area contributed by atoms with Crippen LogP contribution in [-0.2, 0) is 14.4 Å². The number of likely N-dealkylation sites (tertiary alicyclic amines) is 1. The first kappa shape index (κ1) is 25.1. The quantitative estimate of drug-likeness (QED) is 0.451. The molecular weight excluding hydrogens is 476 g/mol. The van der Waals surface area contributed by atoms with Crippen LogP contribution in [0.3, 0.4) is 0 Å². The van der Waals surface area contributed by atoms with Gasteiger partial charge >= 0.3 is 5.97 Å². The molecule has 37 heavy (non-hydrogen) atoms. The lowest BCUT2D eigenvalue weighted by atomic mass is 9.78. The molecule has 3 heterocycles. The molecule has 2 aliphatic heterocycles. The number of carboxylic acid groups (broad SMARTS) is 1. The van der Waals surface area contributed by atoms with Gasteiger partial charge in [-0.1, -0.05) is 18.9 Å². The third-order valence-electron chi connectivity index (χ3n) is 8.28. The summed E-state index contributed by atoms with van der Waals surface area (Å²) in [5.41, 5.74) is 1.13. The van der Waals surface area contributed by atoms with E-state index >= 15 is 0 Å². The number of benzene rings is 1. The third kappa shape index (κ3) is 4.89. The molecule has 1 saturated carbocycles. The average molecular weight is 511 g/mol. The van der Waals surface area contributed by atoms with Gasteiger partial charge in [0.2, 0.25) is 11.8 Å². The standard InChI is InChI=1S/C27H34N4O6/c1-37-22-10-4-9-19-18(22)13-20(29-19)26(34)31-14-16-6-2-3-8-17(16)23(31)25(33)30-21(27(35)36)12-15-7-5-11-28-24(15)32/h4,9-10,13,15-17,21,23,29H,2-3,5-8,11-12,14H2,1H3,(H,28,32)(H,30,33)(H,35,36)/t15-,16-,17-,21?,23-/m0/s1. The number of ether oxygens (including phenoxy) is 1. The number of carboxylic acids is 1. The van der Waals surface area contributed by atoms with E-state index in [9.17, 15) is 24.3 Å². The Morgan fingerprint density at radius 3 is 2.76 bits per heavy atom. The Balaban J connectivity index is 1.39. The summed E-state index contributed by atoms with van der Waals surface area (Å²) >= 11 is 0. The zero-order chi connectivity index (χ0) is 26.1. The second-order valence-electron chi connectivity index (χ2n) is 10.5. The number of fused-ring (bicyclic) bond motifs is 2. The van der Waals surface area contributed by atoms with Gasteiger partial charge in [-0.05, 0) is 62.1 Å². The van der Waals surface area contributed by atoms with Crippen LogP contribution in [0.4, 0.5) is 0 Å². The number of rotatable bonds is 7. The van der Waals surface area contributed by atoms with Gasteiger partial charge in [-0.3, -0.25) is 14.4 Å².